The van der Waals surface area contributed by atoms with Crippen molar-refractivity contribution >= 4 is 21.4 Å². The second-order valence-electron chi connectivity index (χ2n) is 5.28. The van der Waals surface area contributed by atoms with E-state index >= 15 is 0 Å². The van der Waals surface area contributed by atoms with Crippen LogP contribution >= 0.6 is 11.3 Å². The molecule has 3 aromatic rings. The minimum absolute atomic E-state index is 0.0721. The molecule has 0 saturated carbocycles. The predicted molar refractivity (Wildman–Crippen MR) is 96.0 cm³/mol. The maximum atomic E-state index is 12.2. The summed E-state index contributed by atoms with van der Waals surface area (Å²) in [7, 11) is -3.57. The molecule has 3 heterocycles. The Morgan fingerprint density at radius 2 is 2.04 bits per heavy atom. The molecule has 7 nitrogen and oxygen atoms in total. The lowest BCUT2D eigenvalue weighted by Crippen LogP contribution is -2.31. The van der Waals surface area contributed by atoms with Crippen molar-refractivity contribution in [1.29, 1.82) is 0 Å². The van der Waals surface area contributed by atoms with Crippen LogP contribution in [0, 0.1) is 6.92 Å². The highest BCUT2D eigenvalue weighted by atomic mass is 32.2. The van der Waals surface area contributed by atoms with Crippen LogP contribution in [0.3, 0.4) is 0 Å². The summed E-state index contributed by atoms with van der Waals surface area (Å²) in [4.78, 5) is 16.9. The highest BCUT2D eigenvalue weighted by molar-refractivity contribution is 7.91. The Morgan fingerprint density at radius 1 is 1.20 bits per heavy atom. The van der Waals surface area contributed by atoms with E-state index in [9.17, 15) is 13.2 Å². The van der Waals surface area contributed by atoms with Gasteiger partial charge in [0.05, 0.1) is 12.2 Å². The molecule has 1 N–H and O–H groups in total. The first-order valence-electron chi connectivity index (χ1n) is 7.50. The van der Waals surface area contributed by atoms with Gasteiger partial charge < -0.3 is 0 Å². The summed E-state index contributed by atoms with van der Waals surface area (Å²) in [5.41, 5.74) is 1.09. The fraction of sp³-hybridized carbons (Fsp3) is 0.188. The molecule has 25 heavy (non-hydrogen) atoms. The monoisotopic (exact) mass is 376 g/mol. The van der Waals surface area contributed by atoms with Crippen molar-refractivity contribution in [3.05, 3.63) is 64.0 Å². The van der Waals surface area contributed by atoms with Crippen LogP contribution in [0.4, 0.5) is 0 Å². The van der Waals surface area contributed by atoms with Gasteiger partial charge in [-0.1, -0.05) is 0 Å². The zero-order valence-electron chi connectivity index (χ0n) is 13.4. The van der Waals surface area contributed by atoms with E-state index in [0.29, 0.717) is 5.69 Å². The SMILES string of the molecule is Cc1ccc(S(=O)(=O)NCCn2nc(-c3cccnc3)ccc2=O)s1. The standard InChI is InChI=1S/C16H16N4O3S2/c1-12-4-7-16(24-12)25(22,23)18-9-10-20-15(21)6-5-14(19-20)13-3-2-8-17-11-13/h2-8,11,18H,9-10H2,1H3. The fourth-order valence-electron chi connectivity index (χ4n) is 2.19. The van der Waals surface area contributed by atoms with E-state index in [2.05, 4.69) is 14.8 Å². The lowest BCUT2D eigenvalue weighted by atomic mass is 10.2. The summed E-state index contributed by atoms with van der Waals surface area (Å²) in [5, 5.41) is 4.27. The number of rotatable bonds is 6. The van der Waals surface area contributed by atoms with Crippen LogP contribution in [0.1, 0.15) is 4.88 Å². The highest BCUT2D eigenvalue weighted by Gasteiger charge is 2.15. The van der Waals surface area contributed by atoms with Crippen LogP contribution in [0.15, 0.2) is 57.8 Å². The van der Waals surface area contributed by atoms with Crippen molar-refractivity contribution in [3.63, 3.8) is 0 Å². The van der Waals surface area contributed by atoms with Crippen LogP contribution < -0.4 is 10.3 Å². The third kappa shape index (κ3) is 4.19. The molecule has 0 aliphatic rings. The molecule has 0 aliphatic carbocycles. The van der Waals surface area contributed by atoms with Crippen molar-refractivity contribution < 1.29 is 8.42 Å². The van der Waals surface area contributed by atoms with Gasteiger partial charge in [0.15, 0.2) is 0 Å². The maximum absolute atomic E-state index is 12.2. The molecule has 0 radical (unpaired) electrons. The lowest BCUT2D eigenvalue weighted by molar-refractivity contribution is 0.550. The van der Waals surface area contributed by atoms with Gasteiger partial charge in [-0.25, -0.2) is 17.8 Å². The van der Waals surface area contributed by atoms with Crippen molar-refractivity contribution in [1.82, 2.24) is 19.5 Å². The molecule has 0 bridgehead atoms. The van der Waals surface area contributed by atoms with Crippen LogP contribution in [0.5, 0.6) is 0 Å². The molecule has 0 saturated heterocycles. The maximum Gasteiger partial charge on any atom is 0.266 e. The van der Waals surface area contributed by atoms with E-state index in [1.54, 1.807) is 36.7 Å². The van der Waals surface area contributed by atoms with Crippen LogP contribution in [0.25, 0.3) is 11.3 Å². The van der Waals surface area contributed by atoms with Gasteiger partial charge in [-0.15, -0.1) is 11.3 Å². The first-order chi connectivity index (χ1) is 12.0. The van der Waals surface area contributed by atoms with Gasteiger partial charge in [0.25, 0.3) is 5.56 Å². The van der Waals surface area contributed by atoms with Crippen molar-refractivity contribution in [3.8, 4) is 11.3 Å². The normalized spacial score (nSPS) is 11.6. The van der Waals surface area contributed by atoms with Crippen LogP contribution in [-0.2, 0) is 16.6 Å². The summed E-state index contributed by atoms with van der Waals surface area (Å²) in [6, 6.07) is 9.97. The number of nitrogens with one attached hydrogen (secondary N) is 1. The van der Waals surface area contributed by atoms with E-state index in [1.807, 2.05) is 13.0 Å². The van der Waals surface area contributed by atoms with Crippen molar-refractivity contribution in [2.45, 2.75) is 17.7 Å². The molecule has 0 spiro atoms. The van der Waals surface area contributed by atoms with Gasteiger partial charge in [-0.3, -0.25) is 9.78 Å². The molecular weight excluding hydrogens is 360 g/mol. The average molecular weight is 376 g/mol. The van der Waals surface area contributed by atoms with Gasteiger partial charge in [0.2, 0.25) is 10.0 Å². The van der Waals surface area contributed by atoms with Crippen molar-refractivity contribution in [2.24, 2.45) is 0 Å². The molecular formula is C16H16N4O3S2. The molecule has 0 unspecified atom stereocenters. The second kappa shape index (κ2) is 7.26. The molecule has 9 heteroatoms. The lowest BCUT2D eigenvalue weighted by Gasteiger charge is -2.08. The molecule has 0 aliphatic heterocycles. The Bertz CT molecular complexity index is 1030. The summed E-state index contributed by atoms with van der Waals surface area (Å²) < 4.78 is 28.4. The molecule has 3 aromatic heterocycles. The van der Waals surface area contributed by atoms with E-state index in [4.69, 9.17) is 0 Å². The Labute approximate surface area is 149 Å². The molecule has 0 fully saturated rings. The third-order valence-corrected chi connectivity index (χ3v) is 6.37. The largest absolute Gasteiger partial charge is 0.268 e. The quantitative estimate of drug-likeness (QED) is 0.706. The molecule has 3 rings (SSSR count). The first kappa shape index (κ1) is 17.5. The summed E-state index contributed by atoms with van der Waals surface area (Å²) in [6.45, 7) is 2.05. The zero-order chi connectivity index (χ0) is 17.9. The van der Waals surface area contributed by atoms with E-state index in [1.165, 1.54) is 22.1 Å². The minimum atomic E-state index is -3.57. The van der Waals surface area contributed by atoms with Crippen LogP contribution in [0.2, 0.25) is 0 Å². The third-order valence-electron chi connectivity index (χ3n) is 3.42. The molecule has 0 amide bonds. The zero-order valence-corrected chi connectivity index (χ0v) is 15.0. The Kier molecular flexibility index (Phi) is 5.07. The first-order valence-corrected chi connectivity index (χ1v) is 9.80. The number of nitrogens with zero attached hydrogens (tertiary/aromatic N) is 3. The van der Waals surface area contributed by atoms with Gasteiger partial charge in [-0.2, -0.15) is 5.10 Å². The number of pyridine rings is 1. The van der Waals surface area contributed by atoms with Gasteiger partial charge in [-0.05, 0) is 37.3 Å². The summed E-state index contributed by atoms with van der Waals surface area (Å²) in [5.74, 6) is 0. The van der Waals surface area contributed by atoms with Gasteiger partial charge in [0, 0.05) is 35.4 Å². The van der Waals surface area contributed by atoms with E-state index in [-0.39, 0.29) is 22.9 Å². The number of hydrogen-bond donors (Lipinski definition) is 1. The second-order valence-corrected chi connectivity index (χ2v) is 8.57. The topological polar surface area (TPSA) is 93.9 Å². The Hall–Kier alpha value is -2.36. The number of sulfonamides is 1. The minimum Gasteiger partial charge on any atom is -0.268 e. The highest BCUT2D eigenvalue weighted by Crippen LogP contribution is 2.20. The summed E-state index contributed by atoms with van der Waals surface area (Å²) in [6.07, 6.45) is 3.31. The van der Waals surface area contributed by atoms with E-state index < -0.39 is 10.0 Å². The fourth-order valence-corrected chi connectivity index (χ4v) is 4.54. The van der Waals surface area contributed by atoms with Gasteiger partial charge in [0.1, 0.15) is 4.21 Å². The Balaban J connectivity index is 1.72. The predicted octanol–water partition coefficient (Wildman–Crippen LogP) is 1.65. The van der Waals surface area contributed by atoms with Gasteiger partial charge >= 0.3 is 0 Å². The number of thiophene rings is 1. The van der Waals surface area contributed by atoms with Crippen molar-refractivity contribution in [2.75, 3.05) is 6.54 Å². The molecule has 0 atom stereocenters. The van der Waals surface area contributed by atoms with Crippen LogP contribution in [-0.4, -0.2) is 29.7 Å². The Morgan fingerprint density at radius 3 is 2.72 bits per heavy atom. The van der Waals surface area contributed by atoms with E-state index in [0.717, 1.165) is 10.4 Å². The number of aromatic nitrogens is 3. The number of hydrogen-bond acceptors (Lipinski definition) is 6. The smallest absolute Gasteiger partial charge is 0.266 e. The average Bonchev–Trinajstić information content (AvgIpc) is 3.05. The molecule has 0 aromatic carbocycles. The number of aryl methyl sites for hydroxylation is 1. The molecule has 130 valence electrons. The summed E-state index contributed by atoms with van der Waals surface area (Å²) >= 11 is 1.20.